The first-order valence-electron chi connectivity index (χ1n) is 18.0. The molecule has 53 heavy (non-hydrogen) atoms. The molecule has 0 spiro atoms. The summed E-state index contributed by atoms with van der Waals surface area (Å²) in [5.41, 5.74) is 13.1. The number of para-hydroxylation sites is 1. The van der Waals surface area contributed by atoms with Crippen molar-refractivity contribution in [1.29, 1.82) is 0 Å². The fraction of sp³-hybridized carbons (Fsp3) is 0.0612. The van der Waals surface area contributed by atoms with Crippen molar-refractivity contribution >= 4 is 21.7 Å². The monoisotopic (exact) mass is 678 g/mol. The summed E-state index contributed by atoms with van der Waals surface area (Å²) in [5, 5.41) is 3.41. The normalized spacial score (nSPS) is 12.9. The Kier molecular flexibility index (Phi) is 7.12. The van der Waals surface area contributed by atoms with Gasteiger partial charge in [0.1, 0.15) is 0 Å². The highest BCUT2D eigenvalue weighted by Crippen LogP contribution is 2.49. The first-order chi connectivity index (χ1) is 26.0. The molecule has 0 saturated heterocycles. The Morgan fingerprint density at radius 2 is 0.962 bits per heavy atom. The van der Waals surface area contributed by atoms with Crippen LogP contribution in [0.1, 0.15) is 25.0 Å². The lowest BCUT2D eigenvalue weighted by molar-refractivity contribution is 0.660. The Labute approximate surface area is 308 Å². The van der Waals surface area contributed by atoms with Gasteiger partial charge in [-0.25, -0.2) is 15.0 Å². The highest BCUT2D eigenvalue weighted by molar-refractivity contribution is 5.95. The van der Waals surface area contributed by atoms with E-state index in [0.29, 0.717) is 17.5 Å². The molecule has 0 atom stereocenters. The predicted molar refractivity (Wildman–Crippen MR) is 217 cm³/mol. The van der Waals surface area contributed by atoms with E-state index in [2.05, 4.69) is 166 Å². The topological polar surface area (TPSA) is 51.6 Å². The standard InChI is InChI=1S/C49H34N4/c1-49(2)43-20-9-8-18-41(43)42-24-23-36(30-44(42)49)47-51-46(35-22-21-32-14-6-7-15-34(32)26-35)52-48(53-47)39-28-37(31-12-4-3-5-13-31)27-38(29-39)40-19-10-16-33-17-11-25-50-45(33)40/h3-30H,1-2H3. The predicted octanol–water partition coefficient (Wildman–Crippen LogP) is 12.2. The molecule has 0 radical (unpaired) electrons. The summed E-state index contributed by atoms with van der Waals surface area (Å²) in [7, 11) is 0. The summed E-state index contributed by atoms with van der Waals surface area (Å²) < 4.78 is 0. The maximum absolute atomic E-state index is 5.28. The molecule has 10 rings (SSSR count). The largest absolute Gasteiger partial charge is 0.256 e. The number of nitrogens with zero attached hydrogens (tertiary/aromatic N) is 4. The van der Waals surface area contributed by atoms with Crippen LogP contribution in [0.15, 0.2) is 170 Å². The number of aromatic nitrogens is 4. The van der Waals surface area contributed by atoms with Crippen molar-refractivity contribution < 1.29 is 0 Å². The average Bonchev–Trinajstić information content (AvgIpc) is 3.45. The Bertz CT molecular complexity index is 2870. The first-order valence-corrected chi connectivity index (χ1v) is 18.0. The van der Waals surface area contributed by atoms with Gasteiger partial charge >= 0.3 is 0 Å². The van der Waals surface area contributed by atoms with Crippen LogP contribution in [-0.4, -0.2) is 19.9 Å². The van der Waals surface area contributed by atoms with Crippen LogP contribution in [0.3, 0.4) is 0 Å². The number of fused-ring (bicyclic) bond motifs is 5. The summed E-state index contributed by atoms with van der Waals surface area (Å²) in [6, 6.07) is 57.8. The van der Waals surface area contributed by atoms with Crippen LogP contribution in [0.25, 0.3) is 89.2 Å². The van der Waals surface area contributed by atoms with Gasteiger partial charge in [-0.1, -0.05) is 141 Å². The summed E-state index contributed by atoms with van der Waals surface area (Å²) >= 11 is 0. The van der Waals surface area contributed by atoms with Crippen molar-refractivity contribution in [2.45, 2.75) is 19.3 Å². The summed E-state index contributed by atoms with van der Waals surface area (Å²) in [6.07, 6.45) is 1.86. The van der Waals surface area contributed by atoms with E-state index < -0.39 is 0 Å². The molecule has 0 fully saturated rings. The van der Waals surface area contributed by atoms with Crippen LogP contribution in [0.5, 0.6) is 0 Å². The van der Waals surface area contributed by atoms with Crippen molar-refractivity contribution in [2.75, 3.05) is 0 Å². The minimum Gasteiger partial charge on any atom is -0.256 e. The van der Waals surface area contributed by atoms with Crippen molar-refractivity contribution in [3.8, 4) is 67.5 Å². The van der Waals surface area contributed by atoms with Crippen LogP contribution in [0.4, 0.5) is 0 Å². The molecule has 4 heteroatoms. The Balaban J connectivity index is 1.21. The smallest absolute Gasteiger partial charge is 0.164 e. The molecule has 0 unspecified atom stereocenters. The third kappa shape index (κ3) is 5.30. The molecule has 0 N–H and O–H groups in total. The number of hydrogen-bond donors (Lipinski definition) is 0. The molecule has 1 aliphatic carbocycles. The second-order valence-corrected chi connectivity index (χ2v) is 14.3. The molecular weight excluding hydrogens is 645 g/mol. The number of rotatable bonds is 5. The molecule has 2 heterocycles. The molecule has 4 nitrogen and oxygen atoms in total. The Morgan fingerprint density at radius 3 is 1.81 bits per heavy atom. The quantitative estimate of drug-likeness (QED) is 0.182. The van der Waals surface area contributed by atoms with E-state index in [0.717, 1.165) is 55.2 Å². The van der Waals surface area contributed by atoms with Crippen LogP contribution < -0.4 is 0 Å². The lowest BCUT2D eigenvalue weighted by Gasteiger charge is -2.21. The highest BCUT2D eigenvalue weighted by atomic mass is 15.0. The molecule has 2 aromatic heterocycles. The van der Waals surface area contributed by atoms with E-state index in [1.165, 1.54) is 27.6 Å². The molecule has 0 saturated carbocycles. The fourth-order valence-corrected chi connectivity index (χ4v) is 7.98. The van der Waals surface area contributed by atoms with Gasteiger partial charge in [-0.3, -0.25) is 4.98 Å². The molecule has 0 aliphatic heterocycles. The first kappa shape index (κ1) is 31.0. The third-order valence-electron chi connectivity index (χ3n) is 10.7. The average molecular weight is 679 g/mol. The second kappa shape index (κ2) is 12.2. The molecule has 9 aromatic rings. The maximum atomic E-state index is 5.28. The van der Waals surface area contributed by atoms with Gasteiger partial charge in [-0.15, -0.1) is 0 Å². The SMILES string of the molecule is CC1(C)c2ccccc2-c2ccc(-c3nc(-c4cc(-c5ccccc5)cc(-c5cccc6cccnc56)c4)nc(-c4ccc5ccccc5c4)n3)cc21. The van der Waals surface area contributed by atoms with E-state index in [4.69, 9.17) is 19.9 Å². The van der Waals surface area contributed by atoms with Gasteiger partial charge in [0, 0.05) is 39.3 Å². The molecule has 7 aromatic carbocycles. The Morgan fingerprint density at radius 1 is 0.358 bits per heavy atom. The molecular formula is C49H34N4. The van der Waals surface area contributed by atoms with E-state index in [1.54, 1.807) is 0 Å². The number of benzene rings is 7. The third-order valence-corrected chi connectivity index (χ3v) is 10.7. The maximum Gasteiger partial charge on any atom is 0.164 e. The van der Waals surface area contributed by atoms with Gasteiger partial charge in [0.2, 0.25) is 0 Å². The van der Waals surface area contributed by atoms with Gasteiger partial charge in [-0.2, -0.15) is 0 Å². The van der Waals surface area contributed by atoms with E-state index >= 15 is 0 Å². The second-order valence-electron chi connectivity index (χ2n) is 14.3. The van der Waals surface area contributed by atoms with Crippen LogP contribution in [-0.2, 0) is 5.41 Å². The van der Waals surface area contributed by atoms with Gasteiger partial charge in [-0.05, 0) is 86.1 Å². The van der Waals surface area contributed by atoms with Gasteiger partial charge in [0.05, 0.1) is 5.52 Å². The van der Waals surface area contributed by atoms with Crippen molar-refractivity contribution in [3.05, 3.63) is 181 Å². The van der Waals surface area contributed by atoms with Crippen LogP contribution in [0.2, 0.25) is 0 Å². The Hall–Kier alpha value is -6.78. The number of hydrogen-bond acceptors (Lipinski definition) is 4. The van der Waals surface area contributed by atoms with Gasteiger partial charge in [0.15, 0.2) is 17.5 Å². The van der Waals surface area contributed by atoms with Crippen LogP contribution >= 0.6 is 0 Å². The summed E-state index contributed by atoms with van der Waals surface area (Å²) in [6.45, 7) is 4.61. The molecule has 1 aliphatic rings. The lowest BCUT2D eigenvalue weighted by Crippen LogP contribution is -2.15. The minimum absolute atomic E-state index is 0.148. The zero-order valence-corrected chi connectivity index (χ0v) is 29.5. The van der Waals surface area contributed by atoms with Crippen molar-refractivity contribution in [3.63, 3.8) is 0 Å². The lowest BCUT2D eigenvalue weighted by atomic mass is 9.82. The summed E-state index contributed by atoms with van der Waals surface area (Å²) in [5.74, 6) is 1.90. The van der Waals surface area contributed by atoms with E-state index in [1.807, 2.05) is 18.3 Å². The van der Waals surface area contributed by atoms with E-state index in [-0.39, 0.29) is 5.41 Å². The zero-order chi connectivity index (χ0) is 35.5. The fourth-order valence-electron chi connectivity index (χ4n) is 7.98. The van der Waals surface area contributed by atoms with Crippen molar-refractivity contribution in [2.24, 2.45) is 0 Å². The van der Waals surface area contributed by atoms with Crippen molar-refractivity contribution in [1.82, 2.24) is 19.9 Å². The minimum atomic E-state index is -0.148. The van der Waals surface area contributed by atoms with Crippen LogP contribution in [0, 0.1) is 0 Å². The molecule has 250 valence electrons. The zero-order valence-electron chi connectivity index (χ0n) is 29.5. The van der Waals surface area contributed by atoms with Gasteiger partial charge < -0.3 is 0 Å². The molecule has 0 bridgehead atoms. The highest BCUT2D eigenvalue weighted by Gasteiger charge is 2.35. The van der Waals surface area contributed by atoms with E-state index in [9.17, 15) is 0 Å². The molecule has 0 amide bonds. The van der Waals surface area contributed by atoms with Gasteiger partial charge in [0.25, 0.3) is 0 Å². The number of pyridine rings is 1. The summed E-state index contributed by atoms with van der Waals surface area (Å²) in [4.78, 5) is 20.5.